The van der Waals surface area contributed by atoms with Crippen molar-refractivity contribution in [1.29, 1.82) is 0 Å². The van der Waals surface area contributed by atoms with Crippen LogP contribution in [0.4, 0.5) is 11.4 Å². The van der Waals surface area contributed by atoms with Crippen LogP contribution in [0.15, 0.2) is 71.6 Å². The lowest BCUT2D eigenvalue weighted by Gasteiger charge is -2.17. The van der Waals surface area contributed by atoms with Gasteiger partial charge in [-0.05, 0) is 62.2 Å². The lowest BCUT2D eigenvalue weighted by atomic mass is 10.1. The van der Waals surface area contributed by atoms with Gasteiger partial charge in [-0.15, -0.1) is 11.8 Å². The van der Waals surface area contributed by atoms with Gasteiger partial charge < -0.3 is 15.7 Å². The van der Waals surface area contributed by atoms with Crippen molar-refractivity contribution in [1.82, 2.24) is 0 Å². The van der Waals surface area contributed by atoms with E-state index in [1.54, 1.807) is 30.3 Å². The second-order valence-corrected chi connectivity index (χ2v) is 8.93. The summed E-state index contributed by atoms with van der Waals surface area (Å²) in [6, 6.07) is 19.1. The van der Waals surface area contributed by atoms with Gasteiger partial charge in [0, 0.05) is 16.3 Å². The number of aryl methyl sites for hydroxylation is 2. The monoisotopic (exact) mass is 462 g/mol. The number of amides is 2. The Balaban J connectivity index is 1.71. The first kappa shape index (κ1) is 24.1. The van der Waals surface area contributed by atoms with Crippen LogP contribution in [-0.2, 0) is 4.79 Å². The highest BCUT2D eigenvalue weighted by atomic mass is 32.2. The Morgan fingerprint density at radius 3 is 2.30 bits per heavy atom. The van der Waals surface area contributed by atoms with Crippen LogP contribution in [0.1, 0.15) is 45.2 Å². The summed E-state index contributed by atoms with van der Waals surface area (Å²) in [5.74, 6) is -1.75. The lowest BCUT2D eigenvalue weighted by Crippen LogP contribution is -2.25. The average Bonchev–Trinajstić information content (AvgIpc) is 2.79. The van der Waals surface area contributed by atoms with E-state index in [4.69, 9.17) is 0 Å². The van der Waals surface area contributed by atoms with E-state index < -0.39 is 11.9 Å². The molecular weight excluding hydrogens is 436 g/mol. The molecule has 0 aromatic heterocycles. The minimum atomic E-state index is -1.16. The molecule has 1 atom stereocenters. The highest BCUT2D eigenvalue weighted by Gasteiger charge is 2.20. The summed E-state index contributed by atoms with van der Waals surface area (Å²) in [4.78, 5) is 37.7. The molecule has 7 heteroatoms. The first-order chi connectivity index (χ1) is 15.8. The molecule has 3 rings (SSSR count). The molecule has 0 saturated carbocycles. The predicted octanol–water partition coefficient (Wildman–Crippen LogP) is 5.76. The number of benzene rings is 3. The number of nitrogens with one attached hydrogen (secondary N) is 2. The zero-order valence-corrected chi connectivity index (χ0v) is 19.5. The minimum absolute atomic E-state index is 0.0605. The molecular formula is C26H26N2O4S. The Kier molecular flexibility index (Phi) is 7.90. The molecule has 0 heterocycles. The molecule has 6 nitrogen and oxygen atoms in total. The lowest BCUT2D eigenvalue weighted by molar-refractivity contribution is -0.115. The third kappa shape index (κ3) is 6.23. The van der Waals surface area contributed by atoms with Crippen molar-refractivity contribution >= 4 is 40.9 Å². The van der Waals surface area contributed by atoms with Crippen molar-refractivity contribution in [2.45, 2.75) is 37.3 Å². The normalized spacial score (nSPS) is 11.5. The molecule has 0 aliphatic heterocycles. The Morgan fingerprint density at radius 1 is 0.909 bits per heavy atom. The van der Waals surface area contributed by atoms with Crippen LogP contribution in [0.25, 0.3) is 0 Å². The van der Waals surface area contributed by atoms with Gasteiger partial charge in [0.05, 0.1) is 16.4 Å². The van der Waals surface area contributed by atoms with E-state index >= 15 is 0 Å². The van der Waals surface area contributed by atoms with Gasteiger partial charge in [-0.2, -0.15) is 0 Å². The third-order valence-electron chi connectivity index (χ3n) is 5.08. The molecule has 170 valence electrons. The van der Waals surface area contributed by atoms with Gasteiger partial charge in [0.1, 0.15) is 0 Å². The SMILES string of the molecule is CCC(Sc1cccc(NC(=O)c2ccccc2C(=O)O)c1)C(=O)Nc1ccc(C)cc1C. The maximum atomic E-state index is 12.9. The van der Waals surface area contributed by atoms with E-state index in [1.807, 2.05) is 45.0 Å². The summed E-state index contributed by atoms with van der Waals surface area (Å²) in [5.41, 5.74) is 3.49. The van der Waals surface area contributed by atoms with E-state index in [9.17, 15) is 19.5 Å². The van der Waals surface area contributed by atoms with Gasteiger partial charge in [-0.3, -0.25) is 9.59 Å². The van der Waals surface area contributed by atoms with Crippen molar-refractivity contribution in [2.75, 3.05) is 10.6 Å². The fourth-order valence-corrected chi connectivity index (χ4v) is 4.38. The van der Waals surface area contributed by atoms with Crippen LogP contribution < -0.4 is 10.6 Å². The van der Waals surface area contributed by atoms with E-state index in [0.29, 0.717) is 12.1 Å². The van der Waals surface area contributed by atoms with Crippen molar-refractivity contribution in [2.24, 2.45) is 0 Å². The molecule has 0 bridgehead atoms. The van der Waals surface area contributed by atoms with Crippen LogP contribution in [-0.4, -0.2) is 28.1 Å². The van der Waals surface area contributed by atoms with Crippen molar-refractivity contribution in [3.63, 3.8) is 0 Å². The molecule has 3 aromatic carbocycles. The molecule has 0 saturated heterocycles. The second-order valence-electron chi connectivity index (χ2n) is 7.66. The number of hydrogen-bond donors (Lipinski definition) is 3. The van der Waals surface area contributed by atoms with Crippen molar-refractivity contribution in [3.8, 4) is 0 Å². The molecule has 0 radical (unpaired) electrons. The van der Waals surface area contributed by atoms with Crippen LogP contribution in [0.5, 0.6) is 0 Å². The van der Waals surface area contributed by atoms with Crippen LogP contribution in [0, 0.1) is 13.8 Å². The first-order valence-corrected chi connectivity index (χ1v) is 11.4. The zero-order chi connectivity index (χ0) is 24.0. The van der Waals surface area contributed by atoms with Crippen LogP contribution >= 0.6 is 11.8 Å². The van der Waals surface area contributed by atoms with Gasteiger partial charge in [-0.1, -0.05) is 42.8 Å². The molecule has 1 unspecified atom stereocenters. The topological polar surface area (TPSA) is 95.5 Å². The third-order valence-corrected chi connectivity index (χ3v) is 6.43. The zero-order valence-electron chi connectivity index (χ0n) is 18.7. The van der Waals surface area contributed by atoms with E-state index in [0.717, 1.165) is 21.7 Å². The molecule has 3 aromatic rings. The van der Waals surface area contributed by atoms with E-state index in [2.05, 4.69) is 10.6 Å². The summed E-state index contributed by atoms with van der Waals surface area (Å²) in [7, 11) is 0. The number of carbonyl (C=O) groups is 3. The summed E-state index contributed by atoms with van der Waals surface area (Å²) in [6.45, 7) is 5.93. The molecule has 0 fully saturated rings. The van der Waals surface area contributed by atoms with Gasteiger partial charge in [-0.25, -0.2) is 4.79 Å². The fraction of sp³-hybridized carbons (Fsp3) is 0.192. The standard InChI is InChI=1S/C26H26N2O4S/c1-4-23(25(30)28-22-13-12-16(2)14-17(22)3)33-19-9-7-8-18(15-19)27-24(29)20-10-5-6-11-21(20)26(31)32/h5-15,23H,4H2,1-3H3,(H,27,29)(H,28,30)(H,31,32). The summed E-state index contributed by atoms with van der Waals surface area (Å²) in [6.07, 6.45) is 0.629. The maximum absolute atomic E-state index is 12.9. The number of carboxylic acids is 1. The van der Waals surface area contributed by atoms with E-state index in [1.165, 1.54) is 23.9 Å². The molecule has 0 aliphatic rings. The average molecular weight is 463 g/mol. The molecule has 2 amide bonds. The Hall–Kier alpha value is -3.58. The second kappa shape index (κ2) is 10.8. The number of carboxylic acid groups (broad SMARTS) is 1. The van der Waals surface area contributed by atoms with E-state index in [-0.39, 0.29) is 22.3 Å². The fourth-order valence-electron chi connectivity index (χ4n) is 3.37. The highest BCUT2D eigenvalue weighted by Crippen LogP contribution is 2.29. The minimum Gasteiger partial charge on any atom is -0.478 e. The smallest absolute Gasteiger partial charge is 0.336 e. The Bertz CT molecular complexity index is 1190. The van der Waals surface area contributed by atoms with Crippen LogP contribution in [0.2, 0.25) is 0 Å². The van der Waals surface area contributed by atoms with Crippen molar-refractivity contribution < 1.29 is 19.5 Å². The van der Waals surface area contributed by atoms with Crippen LogP contribution in [0.3, 0.4) is 0 Å². The first-order valence-electron chi connectivity index (χ1n) is 10.6. The largest absolute Gasteiger partial charge is 0.478 e. The number of thioether (sulfide) groups is 1. The highest BCUT2D eigenvalue weighted by molar-refractivity contribution is 8.00. The summed E-state index contributed by atoms with van der Waals surface area (Å²) >= 11 is 1.41. The number of carbonyl (C=O) groups excluding carboxylic acids is 2. The molecule has 0 spiro atoms. The summed E-state index contributed by atoms with van der Waals surface area (Å²) in [5, 5.41) is 14.8. The number of hydrogen-bond acceptors (Lipinski definition) is 4. The number of rotatable bonds is 8. The molecule has 3 N–H and O–H groups in total. The van der Waals surface area contributed by atoms with Gasteiger partial charge >= 0.3 is 5.97 Å². The quantitative estimate of drug-likeness (QED) is 0.370. The molecule has 0 aliphatic carbocycles. The number of aromatic carboxylic acids is 1. The Labute approximate surface area is 197 Å². The van der Waals surface area contributed by atoms with Crippen molar-refractivity contribution in [3.05, 3.63) is 89.0 Å². The van der Waals surface area contributed by atoms with Gasteiger partial charge in [0.15, 0.2) is 0 Å². The maximum Gasteiger partial charge on any atom is 0.336 e. The molecule has 33 heavy (non-hydrogen) atoms. The Morgan fingerprint density at radius 2 is 1.64 bits per heavy atom. The van der Waals surface area contributed by atoms with Gasteiger partial charge in [0.25, 0.3) is 5.91 Å². The predicted molar refractivity (Wildman–Crippen MR) is 132 cm³/mol. The van der Waals surface area contributed by atoms with Gasteiger partial charge in [0.2, 0.25) is 5.91 Å². The number of anilines is 2. The summed E-state index contributed by atoms with van der Waals surface area (Å²) < 4.78 is 0.